The first kappa shape index (κ1) is 19.5. The van der Waals surface area contributed by atoms with Crippen LogP contribution in [0.4, 0.5) is 0 Å². The molecular weight excluding hydrogens is 308 g/mol. The number of benzene rings is 2. The zero-order chi connectivity index (χ0) is 17.9. The molecule has 0 unspecified atom stereocenters. The van der Waals surface area contributed by atoms with E-state index in [-0.39, 0.29) is 0 Å². The summed E-state index contributed by atoms with van der Waals surface area (Å²) in [6.07, 6.45) is 2.17. The van der Waals surface area contributed by atoms with Gasteiger partial charge in [-0.2, -0.15) is 0 Å². The Labute approximate surface area is 153 Å². The quantitative estimate of drug-likeness (QED) is 0.617. The largest absolute Gasteiger partial charge is 0.497 e. The average molecular weight is 341 g/mol. The third kappa shape index (κ3) is 6.52. The normalized spacial score (nSPS) is 12.3. The van der Waals surface area contributed by atoms with Crippen molar-refractivity contribution in [1.29, 1.82) is 0 Å². The third-order valence-corrected chi connectivity index (χ3v) is 4.74. The highest BCUT2D eigenvalue weighted by Crippen LogP contribution is 2.21. The van der Waals surface area contributed by atoms with E-state index >= 15 is 0 Å². The Morgan fingerprint density at radius 3 is 2.24 bits per heavy atom. The Balaban J connectivity index is 1.98. The molecule has 3 nitrogen and oxygen atoms in total. The zero-order valence-corrected chi connectivity index (χ0v) is 15.9. The molecule has 2 rings (SSSR count). The van der Waals surface area contributed by atoms with Gasteiger partial charge < -0.3 is 15.0 Å². The van der Waals surface area contributed by atoms with Gasteiger partial charge >= 0.3 is 0 Å². The molecule has 1 atom stereocenters. The SMILES string of the molecule is CCN(CC)CCCN[C@H](Cc1ccccc1)c1ccc(OC)cc1. The minimum atomic E-state index is 0.324. The van der Waals surface area contributed by atoms with Gasteiger partial charge in [-0.15, -0.1) is 0 Å². The van der Waals surface area contributed by atoms with Crippen molar-refractivity contribution < 1.29 is 4.74 Å². The summed E-state index contributed by atoms with van der Waals surface area (Å²) in [6.45, 7) is 8.89. The molecule has 0 saturated carbocycles. The fraction of sp³-hybridized carbons (Fsp3) is 0.455. The van der Waals surface area contributed by atoms with Crippen LogP contribution >= 0.6 is 0 Å². The van der Waals surface area contributed by atoms with Crippen molar-refractivity contribution in [2.75, 3.05) is 33.3 Å². The topological polar surface area (TPSA) is 24.5 Å². The van der Waals surface area contributed by atoms with Crippen LogP contribution in [-0.2, 0) is 6.42 Å². The zero-order valence-electron chi connectivity index (χ0n) is 15.9. The molecule has 0 radical (unpaired) electrons. The summed E-state index contributed by atoms with van der Waals surface area (Å²) in [5.74, 6) is 0.906. The second-order valence-electron chi connectivity index (χ2n) is 6.35. The van der Waals surface area contributed by atoms with E-state index < -0.39 is 0 Å². The Bertz CT molecular complexity index is 579. The second kappa shape index (κ2) is 10.9. The van der Waals surface area contributed by atoms with Gasteiger partial charge in [0.15, 0.2) is 0 Å². The summed E-state index contributed by atoms with van der Waals surface area (Å²) in [6, 6.07) is 19.5. The fourth-order valence-corrected chi connectivity index (χ4v) is 3.11. The monoisotopic (exact) mass is 340 g/mol. The van der Waals surface area contributed by atoms with Gasteiger partial charge in [0.1, 0.15) is 5.75 Å². The van der Waals surface area contributed by atoms with E-state index in [1.165, 1.54) is 17.5 Å². The number of nitrogens with zero attached hydrogens (tertiary/aromatic N) is 1. The fourth-order valence-electron chi connectivity index (χ4n) is 3.11. The molecule has 3 heteroatoms. The Hall–Kier alpha value is -1.84. The van der Waals surface area contributed by atoms with E-state index in [9.17, 15) is 0 Å². The molecule has 2 aromatic rings. The van der Waals surface area contributed by atoms with Crippen molar-refractivity contribution >= 4 is 0 Å². The van der Waals surface area contributed by atoms with Crippen LogP contribution in [0.25, 0.3) is 0 Å². The summed E-state index contributed by atoms with van der Waals surface area (Å²) >= 11 is 0. The number of methoxy groups -OCH3 is 1. The lowest BCUT2D eigenvalue weighted by atomic mass is 9.98. The van der Waals surface area contributed by atoms with Crippen molar-refractivity contribution in [1.82, 2.24) is 10.2 Å². The maximum Gasteiger partial charge on any atom is 0.118 e. The summed E-state index contributed by atoms with van der Waals surface area (Å²) in [5, 5.41) is 3.76. The number of rotatable bonds is 11. The highest BCUT2D eigenvalue weighted by atomic mass is 16.5. The molecule has 0 aromatic heterocycles. The van der Waals surface area contributed by atoms with Crippen LogP contribution in [0.2, 0.25) is 0 Å². The molecule has 25 heavy (non-hydrogen) atoms. The van der Waals surface area contributed by atoms with Crippen molar-refractivity contribution in [3.63, 3.8) is 0 Å². The van der Waals surface area contributed by atoms with Crippen LogP contribution in [0.15, 0.2) is 54.6 Å². The van der Waals surface area contributed by atoms with Gasteiger partial charge in [-0.3, -0.25) is 0 Å². The standard InChI is InChI=1S/C22H32N2O/c1-4-24(5-2)17-9-16-23-22(18-19-10-7-6-8-11-19)20-12-14-21(25-3)15-13-20/h6-8,10-15,22-23H,4-5,9,16-18H2,1-3H3/t22-/m1/s1. The molecule has 0 aliphatic heterocycles. The molecule has 136 valence electrons. The average Bonchev–Trinajstić information content (AvgIpc) is 2.68. The van der Waals surface area contributed by atoms with E-state index in [1.807, 2.05) is 12.1 Å². The van der Waals surface area contributed by atoms with Crippen molar-refractivity contribution in [3.05, 3.63) is 65.7 Å². The molecule has 1 N–H and O–H groups in total. The van der Waals surface area contributed by atoms with E-state index in [4.69, 9.17) is 4.74 Å². The molecule has 0 bridgehead atoms. The maximum atomic E-state index is 5.29. The second-order valence-corrected chi connectivity index (χ2v) is 6.35. The van der Waals surface area contributed by atoms with Gasteiger partial charge in [-0.25, -0.2) is 0 Å². The van der Waals surface area contributed by atoms with E-state index in [1.54, 1.807) is 7.11 Å². The summed E-state index contributed by atoms with van der Waals surface area (Å²) in [4.78, 5) is 2.47. The molecule has 2 aromatic carbocycles. The van der Waals surface area contributed by atoms with E-state index in [2.05, 4.69) is 66.5 Å². The van der Waals surface area contributed by atoms with Gasteiger partial charge in [0.05, 0.1) is 7.11 Å². The highest BCUT2D eigenvalue weighted by Gasteiger charge is 2.12. The lowest BCUT2D eigenvalue weighted by molar-refractivity contribution is 0.295. The maximum absolute atomic E-state index is 5.29. The molecule has 0 spiro atoms. The van der Waals surface area contributed by atoms with Crippen molar-refractivity contribution in [2.24, 2.45) is 0 Å². The highest BCUT2D eigenvalue weighted by molar-refractivity contribution is 5.30. The van der Waals surface area contributed by atoms with Crippen LogP contribution in [0.3, 0.4) is 0 Å². The number of hydrogen-bond acceptors (Lipinski definition) is 3. The molecule has 0 fully saturated rings. The van der Waals surface area contributed by atoms with Crippen LogP contribution < -0.4 is 10.1 Å². The predicted octanol–water partition coefficient (Wildman–Crippen LogP) is 4.30. The minimum absolute atomic E-state index is 0.324. The van der Waals surface area contributed by atoms with E-state index in [0.29, 0.717) is 6.04 Å². The summed E-state index contributed by atoms with van der Waals surface area (Å²) < 4.78 is 5.29. The lowest BCUT2D eigenvalue weighted by Crippen LogP contribution is -2.29. The van der Waals surface area contributed by atoms with Crippen molar-refractivity contribution in [2.45, 2.75) is 32.7 Å². The van der Waals surface area contributed by atoms with Gasteiger partial charge in [-0.05, 0) is 62.3 Å². The Kier molecular flexibility index (Phi) is 8.50. The van der Waals surface area contributed by atoms with Crippen molar-refractivity contribution in [3.8, 4) is 5.75 Å². The lowest BCUT2D eigenvalue weighted by Gasteiger charge is -2.22. The van der Waals surface area contributed by atoms with Crippen LogP contribution in [-0.4, -0.2) is 38.2 Å². The van der Waals surface area contributed by atoms with Gasteiger partial charge in [0.2, 0.25) is 0 Å². The number of hydrogen-bond donors (Lipinski definition) is 1. The number of ether oxygens (including phenoxy) is 1. The van der Waals surface area contributed by atoms with Crippen LogP contribution in [0, 0.1) is 0 Å². The first-order valence-electron chi connectivity index (χ1n) is 9.40. The van der Waals surface area contributed by atoms with Crippen LogP contribution in [0.5, 0.6) is 5.75 Å². The summed E-state index contributed by atoms with van der Waals surface area (Å²) in [7, 11) is 1.71. The van der Waals surface area contributed by atoms with Gasteiger partial charge in [0.25, 0.3) is 0 Å². The minimum Gasteiger partial charge on any atom is -0.497 e. The molecule has 0 amide bonds. The third-order valence-electron chi connectivity index (χ3n) is 4.74. The first-order chi connectivity index (χ1) is 12.3. The van der Waals surface area contributed by atoms with Gasteiger partial charge in [-0.1, -0.05) is 56.3 Å². The van der Waals surface area contributed by atoms with E-state index in [0.717, 1.165) is 38.3 Å². The van der Waals surface area contributed by atoms with Gasteiger partial charge in [0, 0.05) is 6.04 Å². The molecular formula is C22H32N2O. The molecule has 0 heterocycles. The Morgan fingerprint density at radius 2 is 1.64 bits per heavy atom. The van der Waals surface area contributed by atoms with Crippen LogP contribution in [0.1, 0.15) is 37.4 Å². The smallest absolute Gasteiger partial charge is 0.118 e. The Morgan fingerprint density at radius 1 is 0.960 bits per heavy atom. The number of nitrogens with one attached hydrogen (secondary N) is 1. The molecule has 0 aliphatic carbocycles. The molecule has 0 saturated heterocycles. The predicted molar refractivity (Wildman–Crippen MR) is 106 cm³/mol. The molecule has 0 aliphatic rings. The summed E-state index contributed by atoms with van der Waals surface area (Å²) in [5.41, 5.74) is 2.67. The first-order valence-corrected chi connectivity index (χ1v) is 9.40.